The van der Waals surface area contributed by atoms with Gasteiger partial charge in [-0.05, 0) is 13.8 Å². The molecular weight excluding hydrogens is 229 g/mol. The molecule has 0 aliphatic carbocycles. The minimum Gasteiger partial charge on any atom is -0.459 e. The van der Waals surface area contributed by atoms with Crippen LogP contribution in [0.4, 0.5) is 13.2 Å². The number of rotatable bonds is 4. The van der Waals surface area contributed by atoms with Crippen LogP contribution in [0.1, 0.15) is 13.8 Å². The lowest BCUT2D eigenvalue weighted by Gasteiger charge is -2.07. The quantitative estimate of drug-likeness (QED) is 0.425. The summed E-state index contributed by atoms with van der Waals surface area (Å²) in [6.45, 7) is 2.07. The number of halogens is 3. The molecular formula is C9H11F3O4. The van der Waals surface area contributed by atoms with Crippen LogP contribution in [0.3, 0.4) is 0 Å². The number of carbonyl (C=O) groups excluding carboxylic acids is 2. The van der Waals surface area contributed by atoms with Crippen LogP contribution in [0, 0.1) is 0 Å². The predicted molar refractivity (Wildman–Crippen MR) is 47.4 cm³/mol. The molecule has 0 saturated heterocycles. The van der Waals surface area contributed by atoms with E-state index in [1.165, 1.54) is 13.0 Å². The molecule has 0 heterocycles. The molecule has 0 aliphatic rings. The lowest BCUT2D eigenvalue weighted by Crippen LogP contribution is -2.27. The highest BCUT2D eigenvalue weighted by Gasteiger charge is 2.40. The van der Waals surface area contributed by atoms with Gasteiger partial charge < -0.3 is 9.47 Å². The van der Waals surface area contributed by atoms with Gasteiger partial charge in [-0.3, -0.25) is 0 Å². The van der Waals surface area contributed by atoms with Gasteiger partial charge in [-0.2, -0.15) is 13.2 Å². The molecule has 0 N–H and O–H groups in total. The maximum absolute atomic E-state index is 11.6. The second-order valence-electron chi connectivity index (χ2n) is 2.74. The average molecular weight is 240 g/mol. The Morgan fingerprint density at radius 1 is 1.19 bits per heavy atom. The fourth-order valence-electron chi connectivity index (χ4n) is 0.582. The summed E-state index contributed by atoms with van der Waals surface area (Å²) in [5.74, 6) is -2.96. The number of hydrogen-bond acceptors (Lipinski definition) is 4. The Morgan fingerprint density at radius 2 is 1.69 bits per heavy atom. The first-order valence-corrected chi connectivity index (χ1v) is 4.33. The normalized spacial score (nSPS) is 12.2. The molecule has 0 unspecified atom stereocenters. The van der Waals surface area contributed by atoms with E-state index in [1.54, 1.807) is 6.92 Å². The van der Waals surface area contributed by atoms with Crippen LogP contribution in [-0.2, 0) is 19.1 Å². The van der Waals surface area contributed by atoms with Crippen molar-refractivity contribution in [1.29, 1.82) is 0 Å². The van der Waals surface area contributed by atoms with Gasteiger partial charge in [0.05, 0.1) is 0 Å². The third kappa shape index (κ3) is 5.38. The molecule has 0 aliphatic heterocycles. The van der Waals surface area contributed by atoms with Crippen molar-refractivity contribution in [1.82, 2.24) is 0 Å². The maximum atomic E-state index is 11.6. The third-order valence-electron chi connectivity index (χ3n) is 1.54. The Labute approximate surface area is 90.0 Å². The Kier molecular flexibility index (Phi) is 5.55. The van der Waals surface area contributed by atoms with Crippen molar-refractivity contribution in [3.63, 3.8) is 0 Å². The molecule has 0 aromatic heterocycles. The van der Waals surface area contributed by atoms with Gasteiger partial charge in [-0.15, -0.1) is 0 Å². The summed E-state index contributed by atoms with van der Waals surface area (Å²) in [5.41, 5.74) is 0.321. The fourth-order valence-corrected chi connectivity index (χ4v) is 0.582. The first-order valence-electron chi connectivity index (χ1n) is 4.33. The number of carbonyl (C=O) groups is 2. The van der Waals surface area contributed by atoms with Gasteiger partial charge in [0, 0.05) is 5.57 Å². The van der Waals surface area contributed by atoms with Gasteiger partial charge in [0.25, 0.3) is 0 Å². The van der Waals surface area contributed by atoms with Gasteiger partial charge in [-0.1, -0.05) is 6.08 Å². The summed E-state index contributed by atoms with van der Waals surface area (Å²) >= 11 is 0. The lowest BCUT2D eigenvalue weighted by atomic mass is 10.3. The Balaban J connectivity index is 3.78. The van der Waals surface area contributed by atoms with E-state index in [0.29, 0.717) is 5.57 Å². The highest BCUT2D eigenvalue weighted by Crippen LogP contribution is 2.16. The van der Waals surface area contributed by atoms with Crippen molar-refractivity contribution >= 4 is 11.9 Å². The molecule has 0 saturated carbocycles. The molecule has 0 fully saturated rings. The summed E-state index contributed by atoms with van der Waals surface area (Å²) in [4.78, 5) is 21.2. The molecule has 4 nitrogen and oxygen atoms in total. The number of ether oxygens (including phenoxy) is 2. The number of allylic oxidation sites excluding steroid dienone is 1. The van der Waals surface area contributed by atoms with Gasteiger partial charge in [0.1, 0.15) is 13.2 Å². The topological polar surface area (TPSA) is 52.6 Å². The van der Waals surface area contributed by atoms with E-state index in [4.69, 9.17) is 0 Å². The van der Waals surface area contributed by atoms with Crippen LogP contribution in [0.25, 0.3) is 0 Å². The van der Waals surface area contributed by atoms with Crippen LogP contribution in [0.5, 0.6) is 0 Å². The van der Waals surface area contributed by atoms with Crippen LogP contribution >= 0.6 is 0 Å². The lowest BCUT2D eigenvalue weighted by molar-refractivity contribution is -0.200. The highest BCUT2D eigenvalue weighted by molar-refractivity contribution is 5.87. The average Bonchev–Trinajstić information content (AvgIpc) is 2.20. The third-order valence-corrected chi connectivity index (χ3v) is 1.54. The molecule has 0 aromatic rings. The van der Waals surface area contributed by atoms with Crippen LogP contribution in [0.15, 0.2) is 11.6 Å². The smallest absolute Gasteiger partial charge is 0.459 e. The summed E-state index contributed by atoms with van der Waals surface area (Å²) in [6, 6.07) is 0. The van der Waals surface area contributed by atoms with Gasteiger partial charge in [0.15, 0.2) is 0 Å². The molecule has 0 atom stereocenters. The van der Waals surface area contributed by atoms with E-state index in [2.05, 4.69) is 9.47 Å². The van der Waals surface area contributed by atoms with E-state index in [9.17, 15) is 22.8 Å². The summed E-state index contributed by atoms with van der Waals surface area (Å²) in [5, 5.41) is 0. The van der Waals surface area contributed by atoms with Crippen molar-refractivity contribution < 1.29 is 32.2 Å². The SMILES string of the molecule is C/C=C(\C)C(=O)OCCOC(=O)C(F)(F)F. The Bertz CT molecular complexity index is 294. The molecule has 0 amide bonds. The van der Waals surface area contributed by atoms with Crippen molar-refractivity contribution in [2.45, 2.75) is 20.0 Å². The van der Waals surface area contributed by atoms with Crippen molar-refractivity contribution in [3.8, 4) is 0 Å². The largest absolute Gasteiger partial charge is 0.490 e. The minimum atomic E-state index is -5.02. The van der Waals surface area contributed by atoms with Gasteiger partial charge in [0.2, 0.25) is 0 Å². The molecule has 0 radical (unpaired) electrons. The first-order chi connectivity index (χ1) is 7.29. The zero-order valence-corrected chi connectivity index (χ0v) is 8.76. The molecule has 92 valence electrons. The molecule has 16 heavy (non-hydrogen) atoms. The van der Waals surface area contributed by atoms with E-state index in [0.717, 1.165) is 0 Å². The predicted octanol–water partition coefficient (Wildman–Crippen LogP) is 1.60. The number of hydrogen-bond donors (Lipinski definition) is 0. The van der Waals surface area contributed by atoms with Gasteiger partial charge in [-0.25, -0.2) is 9.59 Å². The number of alkyl halides is 3. The van der Waals surface area contributed by atoms with Gasteiger partial charge >= 0.3 is 18.1 Å². The van der Waals surface area contributed by atoms with E-state index in [-0.39, 0.29) is 0 Å². The zero-order valence-electron chi connectivity index (χ0n) is 8.76. The molecule has 0 bridgehead atoms. The van der Waals surface area contributed by atoms with Crippen molar-refractivity contribution in [2.24, 2.45) is 0 Å². The Morgan fingerprint density at radius 3 is 2.12 bits per heavy atom. The van der Waals surface area contributed by atoms with Crippen molar-refractivity contribution in [2.75, 3.05) is 13.2 Å². The fraction of sp³-hybridized carbons (Fsp3) is 0.556. The number of esters is 2. The molecule has 0 spiro atoms. The summed E-state index contributed by atoms with van der Waals surface area (Å²) < 4.78 is 43.2. The van der Waals surface area contributed by atoms with E-state index >= 15 is 0 Å². The van der Waals surface area contributed by atoms with Crippen molar-refractivity contribution in [3.05, 3.63) is 11.6 Å². The molecule has 7 heteroatoms. The second kappa shape index (κ2) is 6.14. The van der Waals surface area contributed by atoms with E-state index < -0.39 is 31.3 Å². The van der Waals surface area contributed by atoms with Crippen LogP contribution in [-0.4, -0.2) is 31.3 Å². The van der Waals surface area contributed by atoms with Crippen LogP contribution < -0.4 is 0 Å². The summed E-state index contributed by atoms with van der Waals surface area (Å²) in [7, 11) is 0. The molecule has 0 aromatic carbocycles. The van der Waals surface area contributed by atoms with Crippen LogP contribution in [0.2, 0.25) is 0 Å². The standard InChI is InChI=1S/C9H11F3O4/c1-3-6(2)7(13)15-4-5-16-8(14)9(10,11)12/h3H,4-5H2,1-2H3/b6-3+. The monoisotopic (exact) mass is 240 g/mol. The highest BCUT2D eigenvalue weighted by atomic mass is 19.4. The zero-order chi connectivity index (χ0) is 12.8. The van der Waals surface area contributed by atoms with E-state index in [1.807, 2.05) is 0 Å². The first kappa shape index (κ1) is 14.5. The molecule has 0 rings (SSSR count). The minimum absolute atomic E-state index is 0.321. The second-order valence-corrected chi connectivity index (χ2v) is 2.74. The maximum Gasteiger partial charge on any atom is 0.490 e. The summed E-state index contributed by atoms with van der Waals surface area (Å²) in [6.07, 6.45) is -3.53. The Hall–Kier alpha value is -1.53.